The van der Waals surface area contributed by atoms with E-state index in [1.807, 2.05) is 14.1 Å². The highest BCUT2D eigenvalue weighted by molar-refractivity contribution is 5.24. The van der Waals surface area contributed by atoms with Crippen LogP contribution in [-0.2, 0) is 13.0 Å². The zero-order chi connectivity index (χ0) is 10.7. The number of aryl methyl sites for hydroxylation is 2. The minimum Gasteiger partial charge on any atom is -0.302 e. The molecule has 0 unspecified atom stereocenters. The summed E-state index contributed by atoms with van der Waals surface area (Å²) in [6.07, 6.45) is 1.01. The fourth-order valence-electron chi connectivity index (χ4n) is 1.67. The Bertz CT molecular complexity index is 295. The Labute approximate surface area is 86.2 Å². The Morgan fingerprint density at radius 3 is 1.93 bits per heavy atom. The summed E-state index contributed by atoms with van der Waals surface area (Å²) in [4.78, 5) is 11.1. The first kappa shape index (κ1) is 11.1. The van der Waals surface area contributed by atoms with Gasteiger partial charge in [-0.05, 0) is 39.9 Å². The van der Waals surface area contributed by atoms with E-state index in [1.54, 1.807) is 0 Å². The van der Waals surface area contributed by atoms with Crippen LogP contribution in [0.4, 0.5) is 0 Å². The summed E-state index contributed by atoms with van der Waals surface area (Å²) in [5.74, 6) is 0.919. The SMILES string of the molecule is CCc1c(C)nc(CN(C)C)nc1C. The van der Waals surface area contributed by atoms with Crippen molar-refractivity contribution in [3.05, 3.63) is 22.8 Å². The normalized spacial score (nSPS) is 11.0. The molecule has 0 aliphatic heterocycles. The van der Waals surface area contributed by atoms with Gasteiger partial charge >= 0.3 is 0 Å². The van der Waals surface area contributed by atoms with Crippen LogP contribution in [0.1, 0.15) is 29.7 Å². The monoisotopic (exact) mass is 193 g/mol. The second-order valence-electron chi connectivity index (χ2n) is 3.88. The smallest absolute Gasteiger partial charge is 0.142 e. The molecule has 0 radical (unpaired) electrons. The molecule has 0 saturated carbocycles. The summed E-state index contributed by atoms with van der Waals surface area (Å²) < 4.78 is 0. The lowest BCUT2D eigenvalue weighted by molar-refractivity contribution is 0.389. The number of hydrogen-bond acceptors (Lipinski definition) is 3. The summed E-state index contributed by atoms with van der Waals surface area (Å²) >= 11 is 0. The van der Waals surface area contributed by atoms with Crippen LogP contribution in [0.5, 0.6) is 0 Å². The van der Waals surface area contributed by atoms with Gasteiger partial charge in [-0.15, -0.1) is 0 Å². The minimum absolute atomic E-state index is 0.811. The molecule has 1 aromatic heterocycles. The van der Waals surface area contributed by atoms with E-state index in [-0.39, 0.29) is 0 Å². The van der Waals surface area contributed by atoms with Crippen LogP contribution in [0.25, 0.3) is 0 Å². The highest BCUT2D eigenvalue weighted by Gasteiger charge is 2.06. The molecule has 0 aromatic carbocycles. The second-order valence-corrected chi connectivity index (χ2v) is 3.88. The van der Waals surface area contributed by atoms with Gasteiger partial charge in [0.25, 0.3) is 0 Å². The molecule has 3 heteroatoms. The van der Waals surface area contributed by atoms with Gasteiger partial charge in [-0.1, -0.05) is 6.92 Å². The number of hydrogen-bond donors (Lipinski definition) is 0. The minimum atomic E-state index is 0.811. The van der Waals surface area contributed by atoms with Gasteiger partial charge in [0.05, 0.1) is 6.54 Å². The third-order valence-electron chi connectivity index (χ3n) is 2.28. The molecule has 0 bridgehead atoms. The molecular formula is C11H19N3. The van der Waals surface area contributed by atoms with E-state index >= 15 is 0 Å². The molecule has 0 aliphatic rings. The average Bonchev–Trinajstić information content (AvgIpc) is 2.01. The van der Waals surface area contributed by atoms with Gasteiger partial charge in [-0.3, -0.25) is 0 Å². The van der Waals surface area contributed by atoms with Crippen molar-refractivity contribution in [2.75, 3.05) is 14.1 Å². The van der Waals surface area contributed by atoms with Crippen LogP contribution in [-0.4, -0.2) is 29.0 Å². The van der Waals surface area contributed by atoms with Crippen molar-refractivity contribution in [1.82, 2.24) is 14.9 Å². The molecule has 1 rings (SSSR count). The zero-order valence-corrected chi connectivity index (χ0v) is 9.76. The number of rotatable bonds is 3. The van der Waals surface area contributed by atoms with Gasteiger partial charge in [0.2, 0.25) is 0 Å². The van der Waals surface area contributed by atoms with Gasteiger partial charge in [0.15, 0.2) is 0 Å². The number of aromatic nitrogens is 2. The van der Waals surface area contributed by atoms with E-state index in [9.17, 15) is 0 Å². The van der Waals surface area contributed by atoms with Gasteiger partial charge in [-0.25, -0.2) is 9.97 Å². The van der Waals surface area contributed by atoms with E-state index in [2.05, 4.69) is 35.6 Å². The van der Waals surface area contributed by atoms with Crippen molar-refractivity contribution in [3.63, 3.8) is 0 Å². The van der Waals surface area contributed by atoms with Crippen LogP contribution >= 0.6 is 0 Å². The Hall–Kier alpha value is -0.960. The summed E-state index contributed by atoms with van der Waals surface area (Å²) in [6, 6.07) is 0. The first-order valence-electron chi connectivity index (χ1n) is 5.02. The fourth-order valence-corrected chi connectivity index (χ4v) is 1.67. The largest absolute Gasteiger partial charge is 0.302 e. The molecule has 14 heavy (non-hydrogen) atoms. The Kier molecular flexibility index (Phi) is 3.58. The summed E-state index contributed by atoms with van der Waals surface area (Å²) in [6.45, 7) is 7.08. The van der Waals surface area contributed by atoms with E-state index in [0.717, 1.165) is 30.2 Å². The van der Waals surface area contributed by atoms with E-state index in [4.69, 9.17) is 0 Å². The second kappa shape index (κ2) is 4.51. The molecule has 0 fully saturated rings. The molecular weight excluding hydrogens is 174 g/mol. The van der Waals surface area contributed by atoms with E-state index in [1.165, 1.54) is 5.56 Å². The van der Waals surface area contributed by atoms with Crippen LogP contribution in [0.3, 0.4) is 0 Å². The average molecular weight is 193 g/mol. The Morgan fingerprint density at radius 2 is 1.57 bits per heavy atom. The predicted octanol–water partition coefficient (Wildman–Crippen LogP) is 1.72. The van der Waals surface area contributed by atoms with Gasteiger partial charge in [0, 0.05) is 11.4 Å². The third-order valence-corrected chi connectivity index (χ3v) is 2.28. The molecule has 1 heterocycles. The first-order chi connectivity index (χ1) is 6.54. The lowest BCUT2D eigenvalue weighted by Gasteiger charge is -2.12. The van der Waals surface area contributed by atoms with E-state index in [0.29, 0.717) is 0 Å². The Morgan fingerprint density at radius 1 is 1.07 bits per heavy atom. The molecule has 1 aromatic rings. The van der Waals surface area contributed by atoms with Crippen molar-refractivity contribution in [1.29, 1.82) is 0 Å². The fraction of sp³-hybridized carbons (Fsp3) is 0.636. The van der Waals surface area contributed by atoms with Crippen LogP contribution in [0.15, 0.2) is 0 Å². The van der Waals surface area contributed by atoms with Gasteiger partial charge < -0.3 is 4.90 Å². The topological polar surface area (TPSA) is 29.0 Å². The Balaban J connectivity index is 3.01. The standard InChI is InChI=1S/C11H19N3/c1-6-10-8(2)12-11(7-14(4)5)13-9(10)3/h6-7H2,1-5H3. The highest BCUT2D eigenvalue weighted by Crippen LogP contribution is 2.11. The number of nitrogens with zero attached hydrogens (tertiary/aromatic N) is 3. The highest BCUT2D eigenvalue weighted by atomic mass is 15.1. The molecule has 0 aliphatic carbocycles. The molecule has 0 spiro atoms. The molecule has 0 amide bonds. The molecule has 0 atom stereocenters. The first-order valence-corrected chi connectivity index (χ1v) is 5.02. The predicted molar refractivity (Wildman–Crippen MR) is 58.3 cm³/mol. The third kappa shape index (κ3) is 2.51. The van der Waals surface area contributed by atoms with E-state index < -0.39 is 0 Å². The summed E-state index contributed by atoms with van der Waals surface area (Å²) in [7, 11) is 4.06. The van der Waals surface area contributed by atoms with Crippen molar-refractivity contribution in [3.8, 4) is 0 Å². The van der Waals surface area contributed by atoms with Crippen molar-refractivity contribution in [2.45, 2.75) is 33.7 Å². The molecule has 3 nitrogen and oxygen atoms in total. The molecule has 0 saturated heterocycles. The zero-order valence-electron chi connectivity index (χ0n) is 9.76. The molecule has 78 valence electrons. The van der Waals surface area contributed by atoms with Crippen LogP contribution in [0, 0.1) is 13.8 Å². The maximum Gasteiger partial charge on any atom is 0.142 e. The van der Waals surface area contributed by atoms with Crippen molar-refractivity contribution >= 4 is 0 Å². The maximum absolute atomic E-state index is 4.49. The lowest BCUT2D eigenvalue weighted by Crippen LogP contribution is -2.15. The van der Waals surface area contributed by atoms with Crippen molar-refractivity contribution < 1.29 is 0 Å². The van der Waals surface area contributed by atoms with Crippen LogP contribution in [0.2, 0.25) is 0 Å². The summed E-state index contributed by atoms with van der Waals surface area (Å²) in [5.41, 5.74) is 3.53. The van der Waals surface area contributed by atoms with Crippen molar-refractivity contribution in [2.24, 2.45) is 0 Å². The lowest BCUT2D eigenvalue weighted by atomic mass is 10.1. The van der Waals surface area contributed by atoms with Crippen LogP contribution < -0.4 is 0 Å². The quantitative estimate of drug-likeness (QED) is 0.732. The summed E-state index contributed by atoms with van der Waals surface area (Å²) in [5, 5.41) is 0. The van der Waals surface area contributed by atoms with Gasteiger partial charge in [0.1, 0.15) is 5.82 Å². The molecule has 0 N–H and O–H groups in total. The van der Waals surface area contributed by atoms with Gasteiger partial charge in [-0.2, -0.15) is 0 Å². The maximum atomic E-state index is 4.49.